The fourth-order valence-corrected chi connectivity index (χ4v) is 1.76. The summed E-state index contributed by atoms with van der Waals surface area (Å²) >= 11 is 0. The zero-order valence-electron chi connectivity index (χ0n) is 10.1. The van der Waals surface area contributed by atoms with Crippen molar-refractivity contribution in [3.8, 4) is 0 Å². The second kappa shape index (κ2) is 5.87. The van der Waals surface area contributed by atoms with Crippen LogP contribution in [0.3, 0.4) is 0 Å². The van der Waals surface area contributed by atoms with Gasteiger partial charge in [-0.2, -0.15) is 4.57 Å². The summed E-state index contributed by atoms with van der Waals surface area (Å²) < 4.78 is 1.91. The van der Waals surface area contributed by atoms with Crippen molar-refractivity contribution in [2.75, 3.05) is 0 Å². The van der Waals surface area contributed by atoms with E-state index >= 15 is 0 Å². The highest BCUT2D eigenvalue weighted by atomic mass is 16.1. The van der Waals surface area contributed by atoms with Crippen LogP contribution in [0.1, 0.15) is 16.1 Å². The van der Waals surface area contributed by atoms with Gasteiger partial charge in [0.1, 0.15) is 0 Å². The molecule has 0 aliphatic rings. The molecule has 0 radical (unpaired) electrons. The molecule has 0 bridgehead atoms. The monoisotopic (exact) mass is 239 g/mol. The lowest BCUT2D eigenvalue weighted by atomic mass is 10.1. The van der Waals surface area contributed by atoms with Gasteiger partial charge in [0.25, 0.3) is 0 Å². The van der Waals surface area contributed by atoms with Crippen LogP contribution in [-0.2, 0) is 13.0 Å². The minimum atomic E-state index is 0.0945. The second-order valence-corrected chi connectivity index (χ2v) is 3.98. The van der Waals surface area contributed by atoms with E-state index in [1.807, 2.05) is 41.1 Å². The van der Waals surface area contributed by atoms with Gasteiger partial charge in [-0.15, -0.1) is 6.58 Å². The molecular weight excluding hydrogens is 224 g/mol. The van der Waals surface area contributed by atoms with E-state index in [-0.39, 0.29) is 5.78 Å². The number of allylic oxidation sites excluding steroid dienone is 1. The van der Waals surface area contributed by atoms with Gasteiger partial charge in [0, 0.05) is 5.56 Å². The first-order valence-corrected chi connectivity index (χ1v) is 5.82. The van der Waals surface area contributed by atoms with Crippen molar-refractivity contribution in [3.63, 3.8) is 0 Å². The van der Waals surface area contributed by atoms with Gasteiger partial charge in [0.15, 0.2) is 6.20 Å². The van der Waals surface area contributed by atoms with E-state index in [2.05, 4.69) is 11.6 Å². The van der Waals surface area contributed by atoms with E-state index in [0.29, 0.717) is 13.0 Å². The average Bonchev–Trinajstić information content (AvgIpc) is 2.42. The Labute approximate surface area is 106 Å². The number of aromatic nitrogens is 2. The van der Waals surface area contributed by atoms with Crippen LogP contribution in [0.5, 0.6) is 0 Å². The molecule has 3 nitrogen and oxygen atoms in total. The summed E-state index contributed by atoms with van der Waals surface area (Å²) in [5.41, 5.74) is 1.71. The van der Waals surface area contributed by atoms with Gasteiger partial charge in [-0.05, 0) is 0 Å². The lowest BCUT2D eigenvalue weighted by Gasteiger charge is -2.01. The van der Waals surface area contributed by atoms with Gasteiger partial charge in [-0.1, -0.05) is 36.4 Å². The number of carbonyl (C=O) groups excluding carboxylic acids is 1. The van der Waals surface area contributed by atoms with Crippen LogP contribution in [-0.4, -0.2) is 10.8 Å². The average molecular weight is 239 g/mol. The Morgan fingerprint density at radius 2 is 2.11 bits per heavy atom. The van der Waals surface area contributed by atoms with E-state index in [4.69, 9.17) is 0 Å². The molecule has 0 N–H and O–H groups in total. The molecule has 1 heterocycles. The Balaban J connectivity index is 2.19. The third-order valence-electron chi connectivity index (χ3n) is 2.69. The molecule has 2 rings (SSSR count). The molecule has 0 aliphatic carbocycles. The molecule has 2 aromatic rings. The number of nitrogens with zero attached hydrogens (tertiary/aromatic N) is 2. The van der Waals surface area contributed by atoms with Crippen molar-refractivity contribution < 1.29 is 9.36 Å². The van der Waals surface area contributed by atoms with Gasteiger partial charge < -0.3 is 0 Å². The van der Waals surface area contributed by atoms with Gasteiger partial charge in [0.05, 0.1) is 18.8 Å². The summed E-state index contributed by atoms with van der Waals surface area (Å²) in [7, 11) is 0. The number of rotatable bonds is 5. The van der Waals surface area contributed by atoms with Gasteiger partial charge in [-0.3, -0.25) is 9.78 Å². The Morgan fingerprint density at radius 3 is 2.83 bits per heavy atom. The fourth-order valence-electron chi connectivity index (χ4n) is 1.76. The van der Waals surface area contributed by atoms with Crippen LogP contribution in [0, 0.1) is 0 Å². The Morgan fingerprint density at radius 1 is 1.33 bits per heavy atom. The molecule has 0 saturated carbocycles. The number of hydrogen-bond donors (Lipinski definition) is 0. The minimum Gasteiger partial charge on any atom is -0.287 e. The second-order valence-electron chi connectivity index (χ2n) is 3.98. The first-order valence-electron chi connectivity index (χ1n) is 5.82. The molecule has 18 heavy (non-hydrogen) atoms. The highest BCUT2D eigenvalue weighted by molar-refractivity contribution is 5.94. The standard InChI is InChI=1S/C15H15N2O/c1-2-6-14-11-16-9-10-17(14)12-15(18)13-7-4-3-5-8-13/h2-5,7-11H,1,6,12H2/q+1. The van der Waals surface area contributed by atoms with Crippen molar-refractivity contribution in [2.45, 2.75) is 13.0 Å². The third kappa shape index (κ3) is 2.88. The number of carbonyl (C=O) groups is 1. The molecule has 1 aromatic heterocycles. The van der Waals surface area contributed by atoms with Gasteiger partial charge in [0.2, 0.25) is 18.0 Å². The van der Waals surface area contributed by atoms with E-state index in [1.165, 1.54) is 0 Å². The zero-order valence-corrected chi connectivity index (χ0v) is 10.1. The predicted molar refractivity (Wildman–Crippen MR) is 69.1 cm³/mol. The van der Waals surface area contributed by atoms with Crippen molar-refractivity contribution >= 4 is 5.78 Å². The highest BCUT2D eigenvalue weighted by Gasteiger charge is 2.15. The van der Waals surface area contributed by atoms with Crippen LogP contribution in [0.4, 0.5) is 0 Å². The number of Topliss-reactive ketones (excluding diaryl/α,β-unsaturated/α-hetero) is 1. The lowest BCUT2D eigenvalue weighted by molar-refractivity contribution is -0.690. The minimum absolute atomic E-state index is 0.0945. The molecule has 0 aliphatic heterocycles. The van der Waals surface area contributed by atoms with Gasteiger partial charge in [-0.25, -0.2) is 0 Å². The first-order chi connectivity index (χ1) is 8.81. The number of hydrogen-bond acceptors (Lipinski definition) is 2. The molecule has 0 amide bonds. The Hall–Kier alpha value is -2.29. The van der Waals surface area contributed by atoms with E-state index in [9.17, 15) is 4.79 Å². The van der Waals surface area contributed by atoms with Crippen LogP contribution in [0.2, 0.25) is 0 Å². The molecule has 0 atom stereocenters. The number of benzene rings is 1. The molecule has 90 valence electrons. The maximum absolute atomic E-state index is 12.1. The lowest BCUT2D eigenvalue weighted by Crippen LogP contribution is -2.41. The summed E-state index contributed by atoms with van der Waals surface area (Å²) in [5.74, 6) is 0.0945. The topological polar surface area (TPSA) is 33.8 Å². The molecule has 0 spiro atoms. The van der Waals surface area contributed by atoms with Crippen LogP contribution >= 0.6 is 0 Å². The quantitative estimate of drug-likeness (QED) is 0.454. The largest absolute Gasteiger partial charge is 0.287 e. The summed E-state index contributed by atoms with van der Waals surface area (Å²) in [6, 6.07) is 9.30. The predicted octanol–water partition coefficient (Wildman–Crippen LogP) is 1.98. The third-order valence-corrected chi connectivity index (χ3v) is 2.69. The molecule has 0 saturated heterocycles. The number of ketones is 1. The van der Waals surface area contributed by atoms with Crippen molar-refractivity contribution in [1.29, 1.82) is 0 Å². The molecule has 0 unspecified atom stereocenters. The maximum Gasteiger partial charge on any atom is 0.227 e. The van der Waals surface area contributed by atoms with Crippen molar-refractivity contribution in [2.24, 2.45) is 0 Å². The summed E-state index contributed by atoms with van der Waals surface area (Å²) in [4.78, 5) is 16.2. The van der Waals surface area contributed by atoms with E-state index < -0.39 is 0 Å². The van der Waals surface area contributed by atoms with Crippen LogP contribution < -0.4 is 4.57 Å². The molecule has 0 fully saturated rings. The summed E-state index contributed by atoms with van der Waals surface area (Å²) in [6.45, 7) is 4.04. The normalized spacial score (nSPS) is 10.0. The SMILES string of the molecule is C=CCc1cncc[n+]1CC(=O)c1ccccc1. The van der Waals surface area contributed by atoms with Gasteiger partial charge >= 0.3 is 0 Å². The zero-order chi connectivity index (χ0) is 12.8. The summed E-state index contributed by atoms with van der Waals surface area (Å²) in [5, 5.41) is 0. The van der Waals surface area contributed by atoms with E-state index in [0.717, 1.165) is 11.3 Å². The van der Waals surface area contributed by atoms with Crippen molar-refractivity contribution in [1.82, 2.24) is 4.98 Å². The summed E-state index contributed by atoms with van der Waals surface area (Å²) in [6.07, 6.45) is 7.78. The molecule has 1 aromatic carbocycles. The van der Waals surface area contributed by atoms with Crippen molar-refractivity contribution in [3.05, 3.63) is 72.8 Å². The maximum atomic E-state index is 12.1. The Bertz CT molecular complexity index is 549. The smallest absolute Gasteiger partial charge is 0.227 e. The van der Waals surface area contributed by atoms with Crippen LogP contribution in [0.15, 0.2) is 61.6 Å². The van der Waals surface area contributed by atoms with Crippen LogP contribution in [0.25, 0.3) is 0 Å². The van der Waals surface area contributed by atoms with E-state index in [1.54, 1.807) is 18.5 Å². The highest BCUT2D eigenvalue weighted by Crippen LogP contribution is 2.00. The molecular formula is C15H15N2O+. The first kappa shape index (κ1) is 12.2. The molecule has 3 heteroatoms. The fraction of sp³-hybridized carbons (Fsp3) is 0.133. The Kier molecular flexibility index (Phi) is 3.97.